The summed E-state index contributed by atoms with van der Waals surface area (Å²) in [4.78, 5) is 0. The van der Waals surface area contributed by atoms with E-state index in [1.54, 1.807) is 12.1 Å². The molecule has 1 aromatic carbocycles. The summed E-state index contributed by atoms with van der Waals surface area (Å²) in [5, 5.41) is 0. The smallest absolute Gasteiger partial charge is 0.211 e. The van der Waals surface area contributed by atoms with Crippen molar-refractivity contribution in [3.05, 3.63) is 35.6 Å². The third-order valence-corrected chi connectivity index (χ3v) is 5.11. The normalized spacial score (nSPS) is 22.6. The van der Waals surface area contributed by atoms with E-state index >= 15 is 0 Å². The Morgan fingerprint density at radius 1 is 1.40 bits per heavy atom. The molecule has 0 aliphatic carbocycles. The lowest BCUT2D eigenvalue weighted by molar-refractivity contribution is 0.247. The molecule has 0 bridgehead atoms. The van der Waals surface area contributed by atoms with Gasteiger partial charge < -0.3 is 5.73 Å². The van der Waals surface area contributed by atoms with E-state index in [0.29, 0.717) is 13.1 Å². The second-order valence-corrected chi connectivity index (χ2v) is 7.51. The van der Waals surface area contributed by atoms with Crippen molar-refractivity contribution in [2.45, 2.75) is 25.3 Å². The topological polar surface area (TPSA) is 63.4 Å². The van der Waals surface area contributed by atoms with Gasteiger partial charge in [-0.1, -0.05) is 12.1 Å². The van der Waals surface area contributed by atoms with Crippen molar-refractivity contribution >= 4 is 10.0 Å². The summed E-state index contributed by atoms with van der Waals surface area (Å²) in [5.74, 6) is -0.0135. The first-order chi connectivity index (χ1) is 9.36. The number of piperidine rings is 1. The minimum absolute atomic E-state index is 0.180. The zero-order chi connectivity index (χ0) is 14.8. The lowest BCUT2D eigenvalue weighted by Crippen LogP contribution is -2.40. The monoisotopic (exact) mass is 300 g/mol. The summed E-state index contributed by atoms with van der Waals surface area (Å²) in [7, 11) is -3.12. The van der Waals surface area contributed by atoms with Crippen molar-refractivity contribution in [1.82, 2.24) is 4.31 Å². The van der Waals surface area contributed by atoms with Crippen LogP contribution in [0.25, 0.3) is 0 Å². The highest BCUT2D eigenvalue weighted by atomic mass is 32.2. The van der Waals surface area contributed by atoms with E-state index in [1.165, 1.54) is 22.7 Å². The van der Waals surface area contributed by atoms with Crippen LogP contribution in [0.4, 0.5) is 4.39 Å². The van der Waals surface area contributed by atoms with Crippen molar-refractivity contribution in [1.29, 1.82) is 0 Å². The Balaban J connectivity index is 1.97. The molecule has 6 heteroatoms. The number of hydrogen-bond donors (Lipinski definition) is 1. The summed E-state index contributed by atoms with van der Waals surface area (Å²) < 4.78 is 37.6. The highest BCUT2D eigenvalue weighted by molar-refractivity contribution is 7.88. The molecule has 1 heterocycles. The van der Waals surface area contributed by atoms with E-state index < -0.39 is 10.0 Å². The molecule has 1 fully saturated rings. The van der Waals surface area contributed by atoms with Crippen molar-refractivity contribution in [3.8, 4) is 0 Å². The van der Waals surface area contributed by atoms with E-state index in [2.05, 4.69) is 0 Å². The zero-order valence-corrected chi connectivity index (χ0v) is 12.4. The van der Waals surface area contributed by atoms with Crippen LogP contribution in [0, 0.1) is 11.7 Å². The van der Waals surface area contributed by atoms with Crippen LogP contribution in [-0.2, 0) is 10.0 Å². The number of benzene rings is 1. The molecule has 20 heavy (non-hydrogen) atoms. The second kappa shape index (κ2) is 6.20. The maximum atomic E-state index is 12.9. The molecule has 0 aromatic heterocycles. The van der Waals surface area contributed by atoms with Gasteiger partial charge in [0.1, 0.15) is 5.82 Å². The summed E-state index contributed by atoms with van der Waals surface area (Å²) >= 11 is 0. The molecule has 1 aliphatic rings. The van der Waals surface area contributed by atoms with Crippen LogP contribution in [0.2, 0.25) is 0 Å². The first-order valence-corrected chi connectivity index (χ1v) is 8.67. The van der Waals surface area contributed by atoms with Crippen molar-refractivity contribution < 1.29 is 12.8 Å². The van der Waals surface area contributed by atoms with Crippen LogP contribution in [0.1, 0.15) is 30.9 Å². The molecule has 2 N–H and O–H groups in total. The number of halogens is 1. The number of nitrogens with zero attached hydrogens (tertiary/aromatic N) is 1. The first-order valence-electron chi connectivity index (χ1n) is 6.82. The SMILES string of the molecule is CS(=O)(=O)N1CCCC(CC(N)c2ccc(F)cc2)C1. The molecular formula is C14H21FN2O2S. The fourth-order valence-electron chi connectivity index (χ4n) is 2.73. The van der Waals surface area contributed by atoms with Crippen molar-refractivity contribution in [2.75, 3.05) is 19.3 Å². The predicted octanol–water partition coefficient (Wildman–Crippen LogP) is 1.89. The van der Waals surface area contributed by atoms with Gasteiger partial charge in [0.15, 0.2) is 0 Å². The molecule has 2 atom stereocenters. The summed E-state index contributed by atoms with van der Waals surface area (Å²) in [6, 6.07) is 6.01. The predicted molar refractivity (Wildman–Crippen MR) is 77.1 cm³/mol. The van der Waals surface area contributed by atoms with Gasteiger partial charge in [0.05, 0.1) is 6.26 Å². The average molecular weight is 300 g/mol. The summed E-state index contributed by atoms with van der Waals surface area (Å²) in [6.45, 7) is 1.13. The lowest BCUT2D eigenvalue weighted by Gasteiger charge is -2.32. The standard InChI is InChI=1S/C14H21FN2O2S/c1-20(18,19)17-8-2-3-11(10-17)9-14(16)12-4-6-13(15)7-5-12/h4-7,11,14H,2-3,8-10,16H2,1H3. The molecule has 0 spiro atoms. The fourth-order valence-corrected chi connectivity index (χ4v) is 3.67. The van der Waals surface area contributed by atoms with E-state index in [1.807, 2.05) is 0 Å². The van der Waals surface area contributed by atoms with Gasteiger partial charge in [-0.25, -0.2) is 17.1 Å². The van der Waals surface area contributed by atoms with Gasteiger partial charge >= 0.3 is 0 Å². The molecule has 2 unspecified atom stereocenters. The van der Waals surface area contributed by atoms with E-state index in [9.17, 15) is 12.8 Å². The molecule has 2 rings (SSSR count). The van der Waals surface area contributed by atoms with Gasteiger partial charge in [0.2, 0.25) is 10.0 Å². The maximum Gasteiger partial charge on any atom is 0.211 e. The summed E-state index contributed by atoms with van der Waals surface area (Å²) in [5.41, 5.74) is 7.03. The molecular weight excluding hydrogens is 279 g/mol. The first kappa shape index (κ1) is 15.4. The molecule has 4 nitrogen and oxygen atoms in total. The van der Waals surface area contributed by atoms with Crippen LogP contribution in [-0.4, -0.2) is 32.1 Å². The van der Waals surface area contributed by atoms with Crippen LogP contribution in [0.15, 0.2) is 24.3 Å². The number of nitrogens with two attached hydrogens (primary N) is 1. The molecule has 112 valence electrons. The Labute approximate surface area is 119 Å². The van der Waals surface area contributed by atoms with Crippen molar-refractivity contribution in [3.63, 3.8) is 0 Å². The molecule has 1 aliphatic heterocycles. The van der Waals surface area contributed by atoms with Crippen LogP contribution in [0.3, 0.4) is 0 Å². The fraction of sp³-hybridized carbons (Fsp3) is 0.571. The quantitative estimate of drug-likeness (QED) is 0.923. The Kier molecular flexibility index (Phi) is 4.78. The minimum Gasteiger partial charge on any atom is -0.324 e. The number of hydrogen-bond acceptors (Lipinski definition) is 3. The van der Waals surface area contributed by atoms with Gasteiger partial charge in [0, 0.05) is 19.1 Å². The number of sulfonamides is 1. The van der Waals surface area contributed by atoms with Gasteiger partial charge in [-0.3, -0.25) is 0 Å². The van der Waals surface area contributed by atoms with Crippen molar-refractivity contribution in [2.24, 2.45) is 11.7 Å². The van der Waals surface area contributed by atoms with E-state index in [-0.39, 0.29) is 17.8 Å². The van der Waals surface area contributed by atoms with E-state index in [0.717, 1.165) is 24.8 Å². The number of rotatable bonds is 4. The van der Waals surface area contributed by atoms with Crippen LogP contribution < -0.4 is 5.73 Å². The summed E-state index contributed by atoms with van der Waals surface area (Å²) in [6.07, 6.45) is 3.82. The second-order valence-electron chi connectivity index (χ2n) is 5.52. The Morgan fingerprint density at radius 2 is 2.05 bits per heavy atom. The molecule has 1 saturated heterocycles. The molecule has 1 aromatic rings. The molecule has 0 amide bonds. The third-order valence-electron chi connectivity index (χ3n) is 3.84. The Bertz CT molecular complexity index is 545. The van der Waals surface area contributed by atoms with Gasteiger partial charge in [-0.15, -0.1) is 0 Å². The lowest BCUT2D eigenvalue weighted by atomic mass is 9.90. The van der Waals surface area contributed by atoms with Crippen LogP contribution >= 0.6 is 0 Å². The van der Waals surface area contributed by atoms with Gasteiger partial charge in [0.25, 0.3) is 0 Å². The molecule has 0 saturated carbocycles. The molecule has 0 radical (unpaired) electrons. The highest BCUT2D eigenvalue weighted by Gasteiger charge is 2.27. The average Bonchev–Trinajstić information content (AvgIpc) is 2.38. The minimum atomic E-state index is -3.12. The Morgan fingerprint density at radius 3 is 2.65 bits per heavy atom. The maximum absolute atomic E-state index is 12.9. The van der Waals surface area contributed by atoms with Gasteiger partial charge in [-0.05, 0) is 42.9 Å². The van der Waals surface area contributed by atoms with E-state index in [4.69, 9.17) is 5.73 Å². The van der Waals surface area contributed by atoms with Gasteiger partial charge in [-0.2, -0.15) is 0 Å². The van der Waals surface area contributed by atoms with Crippen LogP contribution in [0.5, 0.6) is 0 Å². The largest absolute Gasteiger partial charge is 0.324 e. The third kappa shape index (κ3) is 4.01. The zero-order valence-electron chi connectivity index (χ0n) is 11.6. The Hall–Kier alpha value is -0.980. The highest BCUT2D eigenvalue weighted by Crippen LogP contribution is 2.27.